The number of nitrogens with one attached hydrogen (secondary N) is 1. The third-order valence-electron chi connectivity index (χ3n) is 6.10. The predicted octanol–water partition coefficient (Wildman–Crippen LogP) is 5.73. The molecule has 4 aromatic rings. The number of nitrogens with zero attached hydrogens (tertiary/aromatic N) is 3. The van der Waals surface area contributed by atoms with Crippen molar-refractivity contribution < 1.29 is 9.59 Å². The Labute approximate surface area is 216 Å². The van der Waals surface area contributed by atoms with Gasteiger partial charge in [0.25, 0.3) is 0 Å². The second-order valence-electron chi connectivity index (χ2n) is 8.35. The molecule has 35 heavy (non-hydrogen) atoms. The molecule has 2 heterocycles. The topological polar surface area (TPSA) is 75.2 Å². The van der Waals surface area contributed by atoms with E-state index < -0.39 is 12.0 Å². The molecule has 1 atom stereocenters. The van der Waals surface area contributed by atoms with Gasteiger partial charge in [-0.2, -0.15) is 0 Å². The molecular formula is C27H23BrN4O2S. The highest BCUT2D eigenvalue weighted by Gasteiger charge is 2.38. The monoisotopic (exact) mass is 546 g/mol. The lowest BCUT2D eigenvalue weighted by molar-refractivity contribution is -0.137. The van der Waals surface area contributed by atoms with E-state index in [-0.39, 0.29) is 11.8 Å². The fourth-order valence-corrected chi connectivity index (χ4v) is 5.43. The molecule has 1 aliphatic rings. The number of hydrogen-bond acceptors (Lipinski definition) is 5. The molecule has 2 amide bonds. The van der Waals surface area contributed by atoms with Crippen LogP contribution in [0.1, 0.15) is 29.9 Å². The lowest BCUT2D eigenvalue weighted by Gasteiger charge is -2.28. The van der Waals surface area contributed by atoms with Gasteiger partial charge in [-0.25, -0.2) is 0 Å². The number of likely N-dealkylation sites (tertiary alicyclic amines) is 1. The minimum absolute atomic E-state index is 0.0622. The van der Waals surface area contributed by atoms with Crippen LogP contribution in [0.15, 0.2) is 89.4 Å². The summed E-state index contributed by atoms with van der Waals surface area (Å²) < 4.78 is 0.981. The molecule has 1 N–H and O–H groups in total. The van der Waals surface area contributed by atoms with Gasteiger partial charge in [0.2, 0.25) is 16.9 Å². The first-order valence-electron chi connectivity index (χ1n) is 11.4. The minimum Gasteiger partial charge on any atom is -0.330 e. The van der Waals surface area contributed by atoms with Gasteiger partial charge in [-0.15, -0.1) is 10.2 Å². The molecule has 176 valence electrons. The first kappa shape index (κ1) is 23.4. The Hall–Kier alpha value is -3.36. The fraction of sp³-hybridized carbons (Fsp3) is 0.185. The Morgan fingerprint density at radius 3 is 2.17 bits per heavy atom. The normalized spacial score (nSPS) is 15.4. The maximum atomic E-state index is 13.8. The molecule has 0 bridgehead atoms. The summed E-state index contributed by atoms with van der Waals surface area (Å²) in [7, 11) is 0. The van der Waals surface area contributed by atoms with Gasteiger partial charge in [0.15, 0.2) is 0 Å². The molecule has 0 aliphatic carbocycles. The predicted molar refractivity (Wildman–Crippen MR) is 141 cm³/mol. The Bertz CT molecular complexity index is 1270. The van der Waals surface area contributed by atoms with Crippen molar-refractivity contribution in [3.8, 4) is 10.6 Å². The van der Waals surface area contributed by atoms with E-state index in [1.54, 1.807) is 4.90 Å². The van der Waals surface area contributed by atoms with Crippen molar-refractivity contribution in [2.24, 2.45) is 0 Å². The highest BCUT2D eigenvalue weighted by Crippen LogP contribution is 2.32. The smallest absolute Gasteiger partial charge is 0.249 e. The molecule has 1 fully saturated rings. The molecule has 0 spiro atoms. The molecule has 1 unspecified atom stereocenters. The molecule has 8 heteroatoms. The van der Waals surface area contributed by atoms with E-state index in [0.717, 1.165) is 32.6 Å². The quantitative estimate of drug-likeness (QED) is 0.335. The number of rotatable bonds is 6. The Kier molecular flexibility index (Phi) is 7.01. The van der Waals surface area contributed by atoms with Crippen LogP contribution in [-0.4, -0.2) is 39.5 Å². The van der Waals surface area contributed by atoms with Crippen molar-refractivity contribution in [2.75, 3.05) is 11.9 Å². The number of benzene rings is 3. The van der Waals surface area contributed by atoms with Crippen LogP contribution in [0.4, 0.5) is 5.13 Å². The largest absolute Gasteiger partial charge is 0.330 e. The van der Waals surface area contributed by atoms with Gasteiger partial charge in [-0.3, -0.25) is 14.9 Å². The van der Waals surface area contributed by atoms with E-state index in [1.807, 2.05) is 84.9 Å². The van der Waals surface area contributed by atoms with E-state index >= 15 is 0 Å². The highest BCUT2D eigenvalue weighted by atomic mass is 79.9. The molecule has 0 saturated carbocycles. The van der Waals surface area contributed by atoms with Crippen LogP contribution in [-0.2, 0) is 9.59 Å². The number of halogens is 1. The number of hydrogen-bond donors (Lipinski definition) is 1. The summed E-state index contributed by atoms with van der Waals surface area (Å²) in [4.78, 5) is 28.8. The minimum atomic E-state index is -0.544. The van der Waals surface area contributed by atoms with Crippen LogP contribution in [0, 0.1) is 0 Å². The maximum Gasteiger partial charge on any atom is 0.249 e. The second-order valence-corrected chi connectivity index (χ2v) is 10.2. The summed E-state index contributed by atoms with van der Waals surface area (Å²) in [5.74, 6) is -0.751. The number of anilines is 1. The zero-order chi connectivity index (χ0) is 24.2. The third kappa shape index (κ3) is 5.18. The van der Waals surface area contributed by atoms with Crippen LogP contribution in [0.25, 0.3) is 10.6 Å². The average molecular weight is 547 g/mol. The fourth-order valence-electron chi connectivity index (χ4n) is 4.41. The first-order valence-corrected chi connectivity index (χ1v) is 13.0. The molecule has 0 radical (unpaired) electrons. The lowest BCUT2D eigenvalue weighted by Crippen LogP contribution is -2.45. The molecular weight excluding hydrogens is 524 g/mol. The van der Waals surface area contributed by atoms with Gasteiger partial charge in [0, 0.05) is 16.6 Å². The summed E-state index contributed by atoms with van der Waals surface area (Å²) in [6.07, 6.45) is 1.40. The third-order valence-corrected chi connectivity index (χ3v) is 7.51. The maximum absolute atomic E-state index is 13.8. The van der Waals surface area contributed by atoms with Crippen LogP contribution >= 0.6 is 27.3 Å². The molecule has 6 nitrogen and oxygen atoms in total. The number of amides is 2. The van der Waals surface area contributed by atoms with Crippen LogP contribution in [0.2, 0.25) is 0 Å². The number of carbonyl (C=O) groups is 2. The molecule has 1 aromatic heterocycles. The summed E-state index contributed by atoms with van der Waals surface area (Å²) in [6.45, 7) is 0.549. The van der Waals surface area contributed by atoms with E-state index in [0.29, 0.717) is 18.1 Å². The van der Waals surface area contributed by atoms with Gasteiger partial charge >= 0.3 is 0 Å². The van der Waals surface area contributed by atoms with Gasteiger partial charge in [-0.05, 0) is 36.1 Å². The SMILES string of the molecule is O=C(Nc1nnc(-c2ccc(Br)cc2)s1)C1CCCN1C(=O)C(c1ccccc1)c1ccccc1. The molecule has 3 aromatic carbocycles. The summed E-state index contributed by atoms with van der Waals surface area (Å²) in [6, 6.07) is 26.7. The summed E-state index contributed by atoms with van der Waals surface area (Å²) in [5, 5.41) is 12.4. The zero-order valence-electron chi connectivity index (χ0n) is 18.8. The summed E-state index contributed by atoms with van der Waals surface area (Å²) in [5.41, 5.74) is 2.76. The van der Waals surface area contributed by atoms with Crippen LogP contribution in [0.3, 0.4) is 0 Å². The van der Waals surface area contributed by atoms with Crippen LogP contribution < -0.4 is 5.32 Å². The van der Waals surface area contributed by atoms with Crippen molar-refractivity contribution in [1.29, 1.82) is 0 Å². The van der Waals surface area contributed by atoms with E-state index in [9.17, 15) is 9.59 Å². The number of aromatic nitrogens is 2. The van der Waals surface area contributed by atoms with E-state index in [2.05, 4.69) is 31.4 Å². The van der Waals surface area contributed by atoms with Crippen molar-refractivity contribution >= 4 is 44.2 Å². The molecule has 5 rings (SSSR count). The molecule has 1 aliphatic heterocycles. The second kappa shape index (κ2) is 10.5. The Morgan fingerprint density at radius 2 is 1.54 bits per heavy atom. The lowest BCUT2D eigenvalue weighted by atomic mass is 9.90. The van der Waals surface area contributed by atoms with Crippen molar-refractivity contribution in [2.45, 2.75) is 24.8 Å². The first-order chi connectivity index (χ1) is 17.1. The van der Waals surface area contributed by atoms with Crippen molar-refractivity contribution in [1.82, 2.24) is 15.1 Å². The van der Waals surface area contributed by atoms with E-state index in [1.165, 1.54) is 11.3 Å². The van der Waals surface area contributed by atoms with Gasteiger partial charge in [-0.1, -0.05) is 100 Å². The Balaban J connectivity index is 1.35. The standard InChI is InChI=1S/C27H23BrN4O2S/c28-21-15-13-20(14-16-21)25-30-31-27(35-25)29-24(33)22-12-7-17-32(22)26(34)23(18-8-3-1-4-9-18)19-10-5-2-6-11-19/h1-6,8-11,13-16,22-23H,7,12,17H2,(H,29,31,33). The highest BCUT2D eigenvalue weighted by molar-refractivity contribution is 9.10. The zero-order valence-corrected chi connectivity index (χ0v) is 21.2. The molecule has 1 saturated heterocycles. The van der Waals surface area contributed by atoms with Crippen molar-refractivity contribution in [3.05, 3.63) is 101 Å². The van der Waals surface area contributed by atoms with Gasteiger partial charge < -0.3 is 4.90 Å². The van der Waals surface area contributed by atoms with Crippen molar-refractivity contribution in [3.63, 3.8) is 0 Å². The van der Waals surface area contributed by atoms with Crippen LogP contribution in [0.5, 0.6) is 0 Å². The van der Waals surface area contributed by atoms with E-state index in [4.69, 9.17) is 0 Å². The van der Waals surface area contributed by atoms with Gasteiger partial charge in [0.1, 0.15) is 11.0 Å². The summed E-state index contributed by atoms with van der Waals surface area (Å²) >= 11 is 4.74. The average Bonchev–Trinajstić information content (AvgIpc) is 3.56. The Morgan fingerprint density at radius 1 is 0.914 bits per heavy atom. The van der Waals surface area contributed by atoms with Gasteiger partial charge in [0.05, 0.1) is 5.92 Å². The number of carbonyl (C=O) groups excluding carboxylic acids is 2.